The first-order valence-electron chi connectivity index (χ1n) is 9.27. The van der Waals surface area contributed by atoms with E-state index in [9.17, 15) is 15.0 Å². The topological polar surface area (TPSA) is 82.0 Å². The molecular formula is C20H24N2O4. The van der Waals surface area contributed by atoms with Crippen LogP contribution in [0.3, 0.4) is 0 Å². The van der Waals surface area contributed by atoms with Gasteiger partial charge in [-0.3, -0.25) is 4.90 Å². The number of carbonyl (C=O) groups is 1. The number of benzene rings is 1. The molecule has 0 saturated carbocycles. The fourth-order valence-corrected chi connectivity index (χ4v) is 5.95. The van der Waals surface area contributed by atoms with Crippen molar-refractivity contribution in [2.75, 3.05) is 25.5 Å². The molecule has 1 spiro atoms. The molecule has 2 bridgehead atoms. The second kappa shape index (κ2) is 5.09. The largest absolute Gasteiger partial charge is 0.466 e. The number of hydrogen-bond donors (Lipinski definition) is 3. The van der Waals surface area contributed by atoms with E-state index in [1.807, 2.05) is 18.2 Å². The molecule has 2 saturated heterocycles. The van der Waals surface area contributed by atoms with Gasteiger partial charge < -0.3 is 20.3 Å². The van der Waals surface area contributed by atoms with Gasteiger partial charge in [0.05, 0.1) is 24.2 Å². The number of anilines is 1. The van der Waals surface area contributed by atoms with Crippen LogP contribution in [-0.2, 0) is 14.9 Å². The van der Waals surface area contributed by atoms with Crippen molar-refractivity contribution < 1.29 is 19.7 Å². The Bertz CT molecular complexity index is 835. The van der Waals surface area contributed by atoms with E-state index in [1.165, 1.54) is 12.7 Å². The van der Waals surface area contributed by atoms with Crippen molar-refractivity contribution in [2.24, 2.45) is 5.92 Å². The summed E-state index contributed by atoms with van der Waals surface area (Å²) in [7, 11) is 1.38. The summed E-state index contributed by atoms with van der Waals surface area (Å²) >= 11 is 0. The van der Waals surface area contributed by atoms with E-state index in [-0.39, 0.29) is 11.5 Å². The third-order valence-electron chi connectivity index (χ3n) is 7.18. The van der Waals surface area contributed by atoms with Crippen LogP contribution in [0.4, 0.5) is 5.69 Å². The Balaban J connectivity index is 1.80. The van der Waals surface area contributed by atoms with Crippen molar-refractivity contribution in [3.8, 4) is 0 Å². The highest BCUT2D eigenvalue weighted by Gasteiger charge is 2.66. The number of piperidine rings is 1. The van der Waals surface area contributed by atoms with Gasteiger partial charge in [0.1, 0.15) is 5.60 Å². The van der Waals surface area contributed by atoms with Gasteiger partial charge in [-0.1, -0.05) is 18.2 Å². The third-order valence-corrected chi connectivity index (χ3v) is 7.18. The fourth-order valence-electron chi connectivity index (χ4n) is 5.95. The van der Waals surface area contributed by atoms with Crippen LogP contribution in [0.25, 0.3) is 0 Å². The Labute approximate surface area is 152 Å². The molecule has 1 aromatic carbocycles. The summed E-state index contributed by atoms with van der Waals surface area (Å²) < 4.78 is 5.12. The van der Waals surface area contributed by atoms with Crippen LogP contribution in [0.1, 0.15) is 25.3 Å². The van der Waals surface area contributed by atoms with Gasteiger partial charge >= 0.3 is 5.97 Å². The van der Waals surface area contributed by atoms with Gasteiger partial charge in [-0.25, -0.2) is 4.79 Å². The molecule has 1 aromatic rings. The average Bonchev–Trinajstić information content (AvgIpc) is 3.18. The van der Waals surface area contributed by atoms with Gasteiger partial charge in [-0.05, 0) is 37.9 Å². The number of hydrogen-bond acceptors (Lipinski definition) is 6. The molecule has 1 aliphatic carbocycles. The zero-order valence-electron chi connectivity index (χ0n) is 15.0. The number of aliphatic hydroxyl groups excluding tert-OH is 1. The third kappa shape index (κ3) is 1.70. The summed E-state index contributed by atoms with van der Waals surface area (Å²) in [4.78, 5) is 15.1. The maximum absolute atomic E-state index is 12.8. The van der Waals surface area contributed by atoms with Gasteiger partial charge in [-0.15, -0.1) is 0 Å². The lowest BCUT2D eigenvalue weighted by molar-refractivity contribution is -0.157. The maximum Gasteiger partial charge on any atom is 0.335 e. The molecule has 6 nitrogen and oxygen atoms in total. The van der Waals surface area contributed by atoms with Crippen molar-refractivity contribution in [1.29, 1.82) is 0 Å². The first-order chi connectivity index (χ1) is 12.4. The van der Waals surface area contributed by atoms with Crippen molar-refractivity contribution in [3.05, 3.63) is 41.1 Å². The highest BCUT2D eigenvalue weighted by atomic mass is 16.5. The standard InChI is InChI=1S/C20H24N2O4/c1-11(23)20(25)10-22-8-7-19-12-5-3-4-6-14(12)21-17(19)16(18(24)26-2)13(20)9-15(19)22/h3-6,11,13,15,21,23,25H,7-10H2,1-2H3/t11?,13-,15+,19-,20-/m1/s1. The SMILES string of the molecule is COC(=O)C1=C2Nc3ccccc3[C@@]23CCN2C[C@@](O)(C(C)O)[C@@H]1C[C@H]23. The highest BCUT2D eigenvalue weighted by Crippen LogP contribution is 2.62. The van der Waals surface area contributed by atoms with E-state index >= 15 is 0 Å². The zero-order chi connectivity index (χ0) is 18.3. The first-order valence-corrected chi connectivity index (χ1v) is 9.27. The summed E-state index contributed by atoms with van der Waals surface area (Å²) in [5, 5.41) is 25.2. The highest BCUT2D eigenvalue weighted by molar-refractivity contribution is 5.94. The molecular weight excluding hydrogens is 332 g/mol. The number of nitrogens with zero attached hydrogens (tertiary/aromatic N) is 1. The number of ether oxygens (including phenoxy) is 1. The molecule has 138 valence electrons. The van der Waals surface area contributed by atoms with Crippen molar-refractivity contribution in [1.82, 2.24) is 4.90 Å². The average molecular weight is 356 g/mol. The Morgan fingerprint density at radius 3 is 2.92 bits per heavy atom. The number of fused-ring (bicyclic) bond motifs is 2. The zero-order valence-corrected chi connectivity index (χ0v) is 15.0. The number of nitrogens with one attached hydrogen (secondary N) is 1. The van der Waals surface area contributed by atoms with Crippen LogP contribution in [0, 0.1) is 5.92 Å². The summed E-state index contributed by atoms with van der Waals surface area (Å²) in [6.45, 7) is 2.81. The van der Waals surface area contributed by atoms with Crippen LogP contribution >= 0.6 is 0 Å². The number of esters is 1. The van der Waals surface area contributed by atoms with Gasteiger partial charge in [0, 0.05) is 29.9 Å². The fraction of sp³-hybridized carbons (Fsp3) is 0.550. The molecule has 6 heteroatoms. The Morgan fingerprint density at radius 2 is 2.19 bits per heavy atom. The van der Waals surface area contributed by atoms with Crippen molar-refractivity contribution in [3.63, 3.8) is 0 Å². The molecule has 2 fully saturated rings. The van der Waals surface area contributed by atoms with E-state index in [4.69, 9.17) is 4.74 Å². The van der Waals surface area contributed by atoms with Crippen molar-refractivity contribution in [2.45, 2.75) is 42.9 Å². The van der Waals surface area contributed by atoms with Crippen LogP contribution in [-0.4, -0.2) is 59.0 Å². The summed E-state index contributed by atoms with van der Waals surface area (Å²) in [6, 6.07) is 8.43. The van der Waals surface area contributed by atoms with E-state index in [0.29, 0.717) is 18.5 Å². The number of carbonyl (C=O) groups excluding carboxylic acids is 1. The molecule has 0 aromatic heterocycles. The minimum absolute atomic E-state index is 0.214. The minimum Gasteiger partial charge on any atom is -0.466 e. The Hall–Kier alpha value is -1.89. The smallest absolute Gasteiger partial charge is 0.335 e. The second-order valence-corrected chi connectivity index (χ2v) is 8.11. The lowest BCUT2D eigenvalue weighted by Crippen LogP contribution is -2.66. The molecule has 5 rings (SSSR count). The molecule has 26 heavy (non-hydrogen) atoms. The number of para-hydroxylation sites is 1. The minimum atomic E-state index is -1.36. The van der Waals surface area contributed by atoms with Crippen LogP contribution in [0.2, 0.25) is 0 Å². The number of methoxy groups -OCH3 is 1. The second-order valence-electron chi connectivity index (χ2n) is 8.11. The maximum atomic E-state index is 12.8. The molecule has 1 unspecified atom stereocenters. The molecule has 3 aliphatic heterocycles. The van der Waals surface area contributed by atoms with Gasteiger partial charge in [0.2, 0.25) is 0 Å². The Kier molecular flexibility index (Phi) is 3.19. The molecule has 0 amide bonds. The predicted molar refractivity (Wildman–Crippen MR) is 95.5 cm³/mol. The molecule has 5 atom stereocenters. The Morgan fingerprint density at radius 1 is 1.42 bits per heavy atom. The van der Waals surface area contributed by atoms with Crippen LogP contribution in [0.5, 0.6) is 0 Å². The molecule has 0 radical (unpaired) electrons. The van der Waals surface area contributed by atoms with E-state index < -0.39 is 23.6 Å². The summed E-state index contributed by atoms with van der Waals surface area (Å²) in [6.07, 6.45) is 0.594. The normalized spacial score (nSPS) is 38.5. The number of aliphatic hydroxyl groups is 2. The van der Waals surface area contributed by atoms with Gasteiger partial charge in [0.25, 0.3) is 0 Å². The van der Waals surface area contributed by atoms with E-state index in [1.54, 1.807) is 6.92 Å². The molecule has 3 heterocycles. The number of rotatable bonds is 2. The van der Waals surface area contributed by atoms with E-state index in [2.05, 4.69) is 16.3 Å². The molecule has 4 aliphatic rings. The van der Waals surface area contributed by atoms with Gasteiger partial charge in [-0.2, -0.15) is 0 Å². The lowest BCUT2D eigenvalue weighted by Gasteiger charge is -2.54. The molecule has 3 N–H and O–H groups in total. The first kappa shape index (κ1) is 16.3. The quantitative estimate of drug-likeness (QED) is 0.686. The van der Waals surface area contributed by atoms with Crippen LogP contribution in [0.15, 0.2) is 35.5 Å². The predicted octanol–water partition coefficient (Wildman–Crippen LogP) is 0.997. The van der Waals surface area contributed by atoms with E-state index in [0.717, 1.165) is 24.4 Å². The van der Waals surface area contributed by atoms with Gasteiger partial charge in [0.15, 0.2) is 0 Å². The van der Waals surface area contributed by atoms with Crippen LogP contribution < -0.4 is 5.32 Å². The monoisotopic (exact) mass is 356 g/mol. The van der Waals surface area contributed by atoms with Crippen molar-refractivity contribution >= 4 is 11.7 Å². The summed E-state index contributed by atoms with van der Waals surface area (Å²) in [5.74, 6) is -0.859. The summed E-state index contributed by atoms with van der Waals surface area (Å²) in [5.41, 5.74) is 2.01. The lowest BCUT2D eigenvalue weighted by atomic mass is 9.58.